The average molecular weight is 259 g/mol. The Balaban J connectivity index is 2.76. The zero-order valence-corrected chi connectivity index (χ0v) is 12.9. The van der Waals surface area contributed by atoms with Gasteiger partial charge < -0.3 is 5.32 Å². The number of carbonyl (C=O) groups excluding carboxylic acids is 1. The Morgan fingerprint density at radius 2 is 1.68 bits per heavy atom. The maximum Gasteiger partial charge on any atom is 0.244 e. The number of carbonyl (C=O) groups is 1. The first-order chi connectivity index (χ1) is 8.70. The summed E-state index contributed by atoms with van der Waals surface area (Å²) >= 11 is 0. The van der Waals surface area contributed by atoms with Crippen molar-refractivity contribution in [2.24, 2.45) is 0 Å². The summed E-state index contributed by atoms with van der Waals surface area (Å²) in [5.74, 6) is -0.0348. The summed E-state index contributed by atoms with van der Waals surface area (Å²) < 4.78 is 0. The van der Waals surface area contributed by atoms with Gasteiger partial charge in [-0.1, -0.05) is 50.6 Å². The molecule has 1 unspecified atom stereocenters. The number of hydrogen-bond donors (Lipinski definition) is 1. The van der Waals surface area contributed by atoms with E-state index in [4.69, 9.17) is 0 Å². The number of allylic oxidation sites excluding steroid dienone is 1. The van der Waals surface area contributed by atoms with Gasteiger partial charge in [0, 0.05) is 6.08 Å². The topological polar surface area (TPSA) is 29.1 Å². The largest absolute Gasteiger partial charge is 0.346 e. The predicted molar refractivity (Wildman–Crippen MR) is 81.1 cm³/mol. The highest BCUT2D eigenvalue weighted by Crippen LogP contribution is 2.23. The van der Waals surface area contributed by atoms with Crippen molar-refractivity contribution in [1.82, 2.24) is 5.32 Å². The summed E-state index contributed by atoms with van der Waals surface area (Å²) in [5.41, 5.74) is 3.60. The lowest BCUT2D eigenvalue weighted by Gasteiger charge is -2.20. The Hall–Kier alpha value is -1.57. The Labute approximate surface area is 116 Å². The monoisotopic (exact) mass is 259 g/mol. The van der Waals surface area contributed by atoms with Crippen LogP contribution in [-0.4, -0.2) is 5.91 Å². The van der Waals surface area contributed by atoms with Gasteiger partial charge in [-0.25, -0.2) is 0 Å². The lowest BCUT2D eigenvalue weighted by Crippen LogP contribution is -2.25. The molecule has 104 valence electrons. The van der Waals surface area contributed by atoms with Gasteiger partial charge in [-0.3, -0.25) is 4.79 Å². The third-order valence-corrected chi connectivity index (χ3v) is 3.06. The highest BCUT2D eigenvalue weighted by Gasteiger charge is 2.14. The van der Waals surface area contributed by atoms with Crippen LogP contribution in [0.5, 0.6) is 0 Å². The molecule has 0 spiro atoms. The summed E-state index contributed by atoms with van der Waals surface area (Å²) in [4.78, 5) is 11.7. The van der Waals surface area contributed by atoms with Crippen LogP contribution in [0.15, 0.2) is 35.9 Å². The Morgan fingerprint density at radius 3 is 2.11 bits per heavy atom. The van der Waals surface area contributed by atoms with Gasteiger partial charge in [-0.05, 0) is 37.3 Å². The van der Waals surface area contributed by atoms with Crippen molar-refractivity contribution in [3.8, 4) is 0 Å². The normalized spacial score (nSPS) is 12.7. The lowest BCUT2D eigenvalue weighted by molar-refractivity contribution is -0.117. The van der Waals surface area contributed by atoms with E-state index in [0.29, 0.717) is 0 Å². The number of hydrogen-bond acceptors (Lipinski definition) is 1. The lowest BCUT2D eigenvalue weighted by atomic mass is 9.86. The van der Waals surface area contributed by atoms with E-state index in [9.17, 15) is 4.79 Å². The van der Waals surface area contributed by atoms with E-state index < -0.39 is 0 Å². The molecule has 0 bridgehead atoms. The van der Waals surface area contributed by atoms with Crippen LogP contribution < -0.4 is 5.32 Å². The number of amides is 1. The number of benzene rings is 1. The zero-order valence-electron chi connectivity index (χ0n) is 12.9. The van der Waals surface area contributed by atoms with Crippen LogP contribution in [0.4, 0.5) is 0 Å². The van der Waals surface area contributed by atoms with Crippen LogP contribution in [0.1, 0.15) is 58.7 Å². The molecule has 1 aromatic carbocycles. The molecule has 0 aliphatic carbocycles. The van der Waals surface area contributed by atoms with E-state index in [1.807, 2.05) is 20.8 Å². The maximum atomic E-state index is 11.7. The molecule has 0 aliphatic heterocycles. The van der Waals surface area contributed by atoms with Gasteiger partial charge in [0.05, 0.1) is 6.04 Å². The smallest absolute Gasteiger partial charge is 0.244 e. The average Bonchev–Trinajstić information content (AvgIpc) is 2.26. The first kappa shape index (κ1) is 15.5. The van der Waals surface area contributed by atoms with Crippen LogP contribution in [0.2, 0.25) is 0 Å². The summed E-state index contributed by atoms with van der Waals surface area (Å²) in [5, 5.41) is 2.97. The van der Waals surface area contributed by atoms with Crippen molar-refractivity contribution < 1.29 is 4.79 Å². The molecule has 0 fully saturated rings. The molecule has 1 amide bonds. The van der Waals surface area contributed by atoms with Gasteiger partial charge in [0.25, 0.3) is 0 Å². The zero-order chi connectivity index (χ0) is 14.6. The van der Waals surface area contributed by atoms with E-state index in [-0.39, 0.29) is 17.4 Å². The quantitative estimate of drug-likeness (QED) is 0.813. The predicted octanol–water partition coefficient (Wildman–Crippen LogP) is 4.13. The fourth-order valence-electron chi connectivity index (χ4n) is 1.87. The van der Waals surface area contributed by atoms with Gasteiger partial charge >= 0.3 is 0 Å². The van der Waals surface area contributed by atoms with Crippen molar-refractivity contribution in [3.05, 3.63) is 47.0 Å². The summed E-state index contributed by atoms with van der Waals surface area (Å²) in [6.45, 7) is 12.4. The molecular formula is C17H25NO. The van der Waals surface area contributed by atoms with Gasteiger partial charge in [-0.15, -0.1) is 0 Å². The highest BCUT2D eigenvalue weighted by atomic mass is 16.1. The molecule has 0 aromatic heterocycles. The molecule has 0 saturated heterocycles. The van der Waals surface area contributed by atoms with Crippen molar-refractivity contribution >= 4 is 5.91 Å². The highest BCUT2D eigenvalue weighted by molar-refractivity contribution is 5.88. The van der Waals surface area contributed by atoms with Crippen LogP contribution in [-0.2, 0) is 10.2 Å². The van der Waals surface area contributed by atoms with Crippen molar-refractivity contribution in [2.75, 3.05) is 0 Å². The van der Waals surface area contributed by atoms with Crippen molar-refractivity contribution in [3.63, 3.8) is 0 Å². The standard InChI is InChI=1S/C17H25NO/c1-12(2)11-16(19)18-13(3)14-7-9-15(10-8-14)17(4,5)6/h7-11,13H,1-6H3,(H,18,19). The van der Waals surface area contributed by atoms with E-state index in [2.05, 4.69) is 50.4 Å². The minimum Gasteiger partial charge on any atom is -0.346 e. The molecule has 1 rings (SSSR count). The minimum atomic E-state index is -0.0348. The third kappa shape index (κ3) is 4.90. The maximum absolute atomic E-state index is 11.7. The van der Waals surface area contributed by atoms with Crippen molar-refractivity contribution in [1.29, 1.82) is 0 Å². The molecule has 0 aliphatic rings. The van der Waals surface area contributed by atoms with Gasteiger partial charge in [-0.2, -0.15) is 0 Å². The fourth-order valence-corrected chi connectivity index (χ4v) is 1.87. The molecular weight excluding hydrogens is 234 g/mol. The third-order valence-electron chi connectivity index (χ3n) is 3.06. The summed E-state index contributed by atoms with van der Waals surface area (Å²) in [7, 11) is 0. The molecule has 1 N–H and O–H groups in total. The molecule has 2 heteroatoms. The second-order valence-electron chi connectivity index (χ2n) is 6.32. The number of rotatable bonds is 3. The van der Waals surface area contributed by atoms with Gasteiger partial charge in [0.15, 0.2) is 0 Å². The molecule has 1 aromatic rings. The molecule has 1 atom stereocenters. The summed E-state index contributed by atoms with van der Waals surface area (Å²) in [6.07, 6.45) is 1.63. The molecule has 0 radical (unpaired) electrons. The van der Waals surface area contributed by atoms with E-state index >= 15 is 0 Å². The van der Waals surface area contributed by atoms with E-state index in [1.165, 1.54) is 5.56 Å². The molecule has 2 nitrogen and oxygen atoms in total. The second-order valence-corrected chi connectivity index (χ2v) is 6.32. The molecule has 0 heterocycles. The van der Waals surface area contributed by atoms with Gasteiger partial charge in [0.1, 0.15) is 0 Å². The minimum absolute atomic E-state index is 0.0251. The number of nitrogens with one attached hydrogen (secondary N) is 1. The van der Waals surface area contributed by atoms with Crippen LogP contribution in [0, 0.1) is 0 Å². The SMILES string of the molecule is CC(C)=CC(=O)NC(C)c1ccc(C(C)(C)C)cc1. The van der Waals surface area contributed by atoms with Crippen LogP contribution >= 0.6 is 0 Å². The van der Waals surface area contributed by atoms with E-state index in [0.717, 1.165) is 11.1 Å². The second kappa shape index (κ2) is 6.05. The van der Waals surface area contributed by atoms with E-state index in [1.54, 1.807) is 6.08 Å². The first-order valence-corrected chi connectivity index (χ1v) is 6.76. The van der Waals surface area contributed by atoms with Crippen LogP contribution in [0.25, 0.3) is 0 Å². The first-order valence-electron chi connectivity index (χ1n) is 6.76. The van der Waals surface area contributed by atoms with Crippen molar-refractivity contribution in [2.45, 2.75) is 53.0 Å². The van der Waals surface area contributed by atoms with Gasteiger partial charge in [0.2, 0.25) is 5.91 Å². The molecule has 19 heavy (non-hydrogen) atoms. The Bertz CT molecular complexity index is 459. The summed E-state index contributed by atoms with van der Waals surface area (Å²) in [6, 6.07) is 8.48. The molecule has 0 saturated carbocycles. The Morgan fingerprint density at radius 1 is 1.16 bits per heavy atom. The fraction of sp³-hybridized carbons (Fsp3) is 0.471. The van der Waals surface area contributed by atoms with Crippen LogP contribution in [0.3, 0.4) is 0 Å². The Kier molecular flexibility index (Phi) is 4.93.